The molecule has 1 aliphatic heterocycles. The monoisotopic (exact) mass is 299 g/mol. The molecule has 96 valence electrons. The highest BCUT2D eigenvalue weighted by Gasteiger charge is 2.47. The van der Waals surface area contributed by atoms with Gasteiger partial charge in [-0.25, -0.2) is 4.99 Å². The molecule has 1 fully saturated rings. The molecule has 0 amide bonds. The minimum Gasteiger partial charge on any atom is -0.472 e. The van der Waals surface area contributed by atoms with E-state index < -0.39 is 3.79 Å². The van der Waals surface area contributed by atoms with Gasteiger partial charge in [0.1, 0.15) is 12.1 Å². The van der Waals surface area contributed by atoms with Crippen molar-refractivity contribution in [3.63, 3.8) is 0 Å². The summed E-state index contributed by atoms with van der Waals surface area (Å²) >= 11 is 17.2. The van der Waals surface area contributed by atoms with Crippen molar-refractivity contribution in [1.29, 1.82) is 0 Å². The number of ether oxygens (including phenoxy) is 2. The first-order chi connectivity index (χ1) is 7.93. The van der Waals surface area contributed by atoms with Gasteiger partial charge < -0.3 is 9.47 Å². The van der Waals surface area contributed by atoms with E-state index in [0.29, 0.717) is 0 Å². The van der Waals surface area contributed by atoms with Gasteiger partial charge in [-0.3, -0.25) is 4.79 Å². The molecule has 3 atom stereocenters. The van der Waals surface area contributed by atoms with E-state index in [1.165, 1.54) is 7.11 Å². The summed E-state index contributed by atoms with van der Waals surface area (Å²) in [6.07, 6.45) is 2.24. The lowest BCUT2D eigenvalue weighted by molar-refractivity contribution is -0.148. The van der Waals surface area contributed by atoms with E-state index in [4.69, 9.17) is 44.3 Å². The van der Waals surface area contributed by atoms with Gasteiger partial charge in [0.2, 0.25) is 5.90 Å². The zero-order valence-electron chi connectivity index (χ0n) is 9.16. The largest absolute Gasteiger partial charge is 0.472 e. The Bertz CT molecular complexity index is 353. The summed E-state index contributed by atoms with van der Waals surface area (Å²) in [6, 6.07) is -0.290. The highest BCUT2D eigenvalue weighted by atomic mass is 35.6. The number of nitrogens with zero attached hydrogens (tertiary/aromatic N) is 1. The molecule has 0 aromatic rings. The van der Waals surface area contributed by atoms with Crippen molar-refractivity contribution in [3.05, 3.63) is 0 Å². The van der Waals surface area contributed by atoms with Crippen LogP contribution < -0.4 is 0 Å². The molecular formula is C10H12Cl3NO3. The summed E-state index contributed by atoms with van der Waals surface area (Å²) in [5.74, 6) is -0.505. The number of carbonyl (C=O) groups excluding carboxylic acids is 1. The van der Waals surface area contributed by atoms with Crippen molar-refractivity contribution in [1.82, 2.24) is 0 Å². The van der Waals surface area contributed by atoms with Gasteiger partial charge in [-0.05, 0) is 19.3 Å². The Balaban J connectivity index is 2.19. The third-order valence-electron chi connectivity index (χ3n) is 3.07. The first-order valence-corrected chi connectivity index (χ1v) is 6.46. The van der Waals surface area contributed by atoms with Gasteiger partial charge in [-0.15, -0.1) is 0 Å². The van der Waals surface area contributed by atoms with Crippen molar-refractivity contribution < 1.29 is 14.3 Å². The lowest BCUT2D eigenvalue weighted by Crippen LogP contribution is -2.39. The van der Waals surface area contributed by atoms with Crippen molar-refractivity contribution in [3.8, 4) is 0 Å². The zero-order valence-corrected chi connectivity index (χ0v) is 11.4. The first kappa shape index (κ1) is 13.2. The van der Waals surface area contributed by atoms with E-state index in [2.05, 4.69) is 4.99 Å². The number of methoxy groups -OCH3 is 1. The molecule has 17 heavy (non-hydrogen) atoms. The molecule has 0 spiro atoms. The Morgan fingerprint density at radius 1 is 1.47 bits per heavy atom. The molecule has 0 aromatic carbocycles. The second-order valence-electron chi connectivity index (χ2n) is 4.14. The summed E-state index contributed by atoms with van der Waals surface area (Å²) in [5, 5.41) is 0. The van der Waals surface area contributed by atoms with Crippen LogP contribution in [-0.4, -0.2) is 34.9 Å². The van der Waals surface area contributed by atoms with E-state index in [1.54, 1.807) is 0 Å². The third kappa shape index (κ3) is 2.64. The van der Waals surface area contributed by atoms with Crippen LogP contribution in [0.3, 0.4) is 0 Å². The van der Waals surface area contributed by atoms with Crippen LogP contribution >= 0.6 is 34.8 Å². The lowest BCUT2D eigenvalue weighted by atomic mass is 9.83. The normalized spacial score (nSPS) is 32.5. The van der Waals surface area contributed by atoms with Crippen LogP contribution in [0.5, 0.6) is 0 Å². The minimum atomic E-state index is -1.67. The van der Waals surface area contributed by atoms with Gasteiger partial charge in [0, 0.05) is 0 Å². The molecule has 0 saturated heterocycles. The lowest BCUT2D eigenvalue weighted by Gasteiger charge is -2.28. The summed E-state index contributed by atoms with van der Waals surface area (Å²) < 4.78 is 8.59. The number of alkyl halides is 3. The van der Waals surface area contributed by atoms with Crippen molar-refractivity contribution in [2.24, 2.45) is 10.9 Å². The van der Waals surface area contributed by atoms with E-state index >= 15 is 0 Å². The highest BCUT2D eigenvalue weighted by molar-refractivity contribution is 6.76. The Morgan fingerprint density at radius 2 is 2.18 bits per heavy atom. The molecule has 2 aliphatic rings. The standard InChI is InChI=1S/C10H12Cl3NO3/c1-16-8(15)5-3-2-4-6-7(5)14-9(17-6)10(11,12)13/h5-7H,2-4H2,1H3/t5-,6+,7-/m1/s1. The number of rotatable bonds is 1. The fraction of sp³-hybridized carbons (Fsp3) is 0.800. The van der Waals surface area contributed by atoms with Crippen LogP contribution in [0.2, 0.25) is 0 Å². The molecular weight excluding hydrogens is 288 g/mol. The number of halogens is 3. The van der Waals surface area contributed by atoms with Crippen molar-refractivity contribution >= 4 is 46.7 Å². The summed E-state index contributed by atoms with van der Waals surface area (Å²) in [6.45, 7) is 0. The second-order valence-corrected chi connectivity index (χ2v) is 6.42. The maximum atomic E-state index is 11.6. The first-order valence-electron chi connectivity index (χ1n) is 5.33. The van der Waals surface area contributed by atoms with Crippen LogP contribution in [0.1, 0.15) is 19.3 Å². The Kier molecular flexibility index (Phi) is 3.76. The number of carbonyl (C=O) groups is 1. The Labute approximate surface area is 114 Å². The molecule has 0 aromatic heterocycles. The fourth-order valence-corrected chi connectivity index (χ4v) is 2.58. The minimum absolute atomic E-state index is 0.0771. The van der Waals surface area contributed by atoms with Crippen LogP contribution in [-0.2, 0) is 14.3 Å². The predicted molar refractivity (Wildman–Crippen MR) is 65.7 cm³/mol. The van der Waals surface area contributed by atoms with Gasteiger partial charge in [-0.1, -0.05) is 34.8 Å². The molecule has 2 rings (SSSR count). The topological polar surface area (TPSA) is 47.9 Å². The van der Waals surface area contributed by atoms with Gasteiger partial charge in [0.25, 0.3) is 3.79 Å². The predicted octanol–water partition coefficient (Wildman–Crippen LogP) is 2.50. The van der Waals surface area contributed by atoms with Crippen LogP contribution in [0.15, 0.2) is 4.99 Å². The SMILES string of the molecule is COC(=O)[C@@H]1CCC[C@@H]2OC(C(Cl)(Cl)Cl)=N[C@@H]21. The van der Waals surface area contributed by atoms with E-state index in [-0.39, 0.29) is 29.9 Å². The average molecular weight is 301 g/mol. The molecule has 0 N–H and O–H groups in total. The highest BCUT2D eigenvalue weighted by Crippen LogP contribution is 2.39. The molecule has 1 saturated carbocycles. The summed E-state index contributed by atoms with van der Waals surface area (Å²) in [7, 11) is 1.36. The third-order valence-corrected chi connectivity index (χ3v) is 3.56. The van der Waals surface area contributed by atoms with Gasteiger partial charge in [0.05, 0.1) is 13.0 Å². The smallest absolute Gasteiger partial charge is 0.310 e. The Morgan fingerprint density at radius 3 is 2.76 bits per heavy atom. The summed E-state index contributed by atoms with van der Waals surface area (Å²) in [5.41, 5.74) is 0. The molecule has 0 radical (unpaired) electrons. The number of fused-ring (bicyclic) bond motifs is 1. The number of aliphatic imine (C=N–C) groups is 1. The van der Waals surface area contributed by atoms with Crippen LogP contribution in [0.4, 0.5) is 0 Å². The molecule has 0 unspecified atom stereocenters. The fourth-order valence-electron chi connectivity index (χ4n) is 2.30. The molecule has 1 aliphatic carbocycles. The Hall–Kier alpha value is -0.190. The maximum absolute atomic E-state index is 11.6. The summed E-state index contributed by atoms with van der Waals surface area (Å²) in [4.78, 5) is 15.8. The van der Waals surface area contributed by atoms with Crippen LogP contribution in [0, 0.1) is 5.92 Å². The van der Waals surface area contributed by atoms with Gasteiger partial charge in [0.15, 0.2) is 0 Å². The molecule has 1 heterocycles. The zero-order chi connectivity index (χ0) is 12.6. The second kappa shape index (κ2) is 4.82. The molecule has 7 heteroatoms. The quantitative estimate of drug-likeness (QED) is 0.552. The van der Waals surface area contributed by atoms with E-state index in [0.717, 1.165) is 19.3 Å². The van der Waals surface area contributed by atoms with E-state index in [1.807, 2.05) is 0 Å². The van der Waals surface area contributed by atoms with Crippen LogP contribution in [0.25, 0.3) is 0 Å². The number of hydrogen-bond donors (Lipinski definition) is 0. The van der Waals surface area contributed by atoms with Crippen molar-refractivity contribution in [2.45, 2.75) is 35.2 Å². The molecule has 0 bridgehead atoms. The number of hydrogen-bond acceptors (Lipinski definition) is 4. The average Bonchev–Trinajstić information content (AvgIpc) is 2.71. The molecule has 4 nitrogen and oxygen atoms in total. The van der Waals surface area contributed by atoms with Gasteiger partial charge in [-0.2, -0.15) is 0 Å². The number of esters is 1. The van der Waals surface area contributed by atoms with Crippen molar-refractivity contribution in [2.75, 3.05) is 7.11 Å². The van der Waals surface area contributed by atoms with Gasteiger partial charge >= 0.3 is 5.97 Å². The maximum Gasteiger partial charge on any atom is 0.310 e. The van der Waals surface area contributed by atoms with E-state index in [9.17, 15) is 4.79 Å².